The van der Waals surface area contributed by atoms with E-state index in [1.807, 2.05) is 47.5 Å². The molecule has 2 fully saturated rings. The third-order valence-corrected chi connectivity index (χ3v) is 6.65. The van der Waals surface area contributed by atoms with Crippen LogP contribution in [0, 0.1) is 5.41 Å². The molecule has 1 aromatic carbocycles. The molecule has 0 atom stereocenters. The molecule has 1 aliphatic carbocycles. The van der Waals surface area contributed by atoms with Crippen LogP contribution in [-0.2, 0) is 0 Å². The molecule has 3 aromatic heterocycles. The van der Waals surface area contributed by atoms with Gasteiger partial charge >= 0.3 is 0 Å². The smallest absolute Gasteiger partial charge is 0.270 e. The van der Waals surface area contributed by atoms with Gasteiger partial charge in [-0.05, 0) is 31.0 Å². The zero-order valence-corrected chi connectivity index (χ0v) is 16.2. The lowest BCUT2D eigenvalue weighted by atomic mass is 9.60. The molecule has 0 unspecified atom stereocenters. The molecule has 7 nitrogen and oxygen atoms in total. The van der Waals surface area contributed by atoms with Crippen LogP contribution in [-0.4, -0.2) is 56.9 Å². The SMILES string of the molecule is CN(c1ncnc2[nH]ccc12)C1CC2(C1)CN(C(=O)c1cc3ccccc3[nH]1)C2. The lowest BCUT2D eigenvalue weighted by molar-refractivity contribution is -0.0543. The number of anilines is 1. The number of amides is 1. The van der Waals surface area contributed by atoms with Gasteiger partial charge < -0.3 is 19.8 Å². The van der Waals surface area contributed by atoms with Crippen molar-refractivity contribution >= 4 is 33.7 Å². The standard InChI is InChI=1S/C22H22N6O/c1-27(20-16-6-7-23-19(16)24-13-25-20)15-9-22(10-15)11-28(12-22)21(29)18-8-14-4-2-3-5-17(14)26-18/h2-8,13,15,26H,9-12H2,1H3,(H,23,24,25). The minimum atomic E-state index is 0.105. The van der Waals surface area contributed by atoms with Crippen molar-refractivity contribution in [2.75, 3.05) is 25.0 Å². The van der Waals surface area contributed by atoms with Gasteiger partial charge in [0.2, 0.25) is 0 Å². The Labute approximate surface area is 167 Å². The Bertz CT molecular complexity index is 1190. The molecule has 2 aliphatic rings. The Hall–Kier alpha value is -3.35. The average Bonchev–Trinajstić information content (AvgIpc) is 3.31. The summed E-state index contributed by atoms with van der Waals surface area (Å²) in [5, 5.41) is 2.14. The molecule has 4 heterocycles. The van der Waals surface area contributed by atoms with Gasteiger partial charge in [0, 0.05) is 48.7 Å². The van der Waals surface area contributed by atoms with Crippen molar-refractivity contribution in [2.24, 2.45) is 5.41 Å². The quantitative estimate of drug-likeness (QED) is 0.567. The maximum absolute atomic E-state index is 12.8. The number of likely N-dealkylation sites (tertiary alicyclic amines) is 1. The van der Waals surface area contributed by atoms with Crippen molar-refractivity contribution < 1.29 is 4.79 Å². The summed E-state index contributed by atoms with van der Waals surface area (Å²) in [4.78, 5) is 32.3. The molecule has 29 heavy (non-hydrogen) atoms. The third kappa shape index (κ3) is 2.46. The molecule has 0 bridgehead atoms. The summed E-state index contributed by atoms with van der Waals surface area (Å²) >= 11 is 0. The molecule has 1 aliphatic heterocycles. The Balaban J connectivity index is 1.12. The van der Waals surface area contributed by atoms with E-state index in [2.05, 4.69) is 31.9 Å². The zero-order valence-electron chi connectivity index (χ0n) is 16.2. The molecule has 146 valence electrons. The fraction of sp³-hybridized carbons (Fsp3) is 0.318. The summed E-state index contributed by atoms with van der Waals surface area (Å²) in [6.45, 7) is 1.68. The van der Waals surface area contributed by atoms with E-state index in [0.29, 0.717) is 11.7 Å². The highest BCUT2D eigenvalue weighted by atomic mass is 16.2. The first kappa shape index (κ1) is 16.6. The van der Waals surface area contributed by atoms with Crippen molar-refractivity contribution in [1.29, 1.82) is 0 Å². The molecule has 1 saturated carbocycles. The number of fused-ring (bicyclic) bond motifs is 2. The molecule has 4 aromatic rings. The Kier molecular flexibility index (Phi) is 3.33. The molecule has 1 amide bonds. The summed E-state index contributed by atoms with van der Waals surface area (Å²) in [5.74, 6) is 1.08. The predicted molar refractivity (Wildman–Crippen MR) is 112 cm³/mol. The summed E-state index contributed by atoms with van der Waals surface area (Å²) in [6, 6.07) is 12.4. The van der Waals surface area contributed by atoms with E-state index in [-0.39, 0.29) is 11.3 Å². The van der Waals surface area contributed by atoms with Crippen molar-refractivity contribution in [3.05, 3.63) is 54.6 Å². The molecular weight excluding hydrogens is 364 g/mol. The summed E-state index contributed by atoms with van der Waals surface area (Å²) in [5.41, 5.74) is 2.84. The number of hydrogen-bond donors (Lipinski definition) is 2. The fourth-order valence-corrected chi connectivity index (χ4v) is 5.05. The first-order valence-corrected chi connectivity index (χ1v) is 10.00. The topological polar surface area (TPSA) is 80.9 Å². The molecule has 2 N–H and O–H groups in total. The van der Waals surface area contributed by atoms with Crippen LogP contribution in [0.2, 0.25) is 0 Å². The van der Waals surface area contributed by atoms with E-state index in [1.165, 1.54) is 0 Å². The summed E-state index contributed by atoms with van der Waals surface area (Å²) in [6.07, 6.45) is 5.70. The predicted octanol–water partition coefficient (Wildman–Crippen LogP) is 3.18. The first-order valence-electron chi connectivity index (χ1n) is 10.00. The second kappa shape index (κ2) is 5.83. The maximum Gasteiger partial charge on any atom is 0.270 e. The number of aromatic nitrogens is 4. The molecule has 1 spiro atoms. The minimum Gasteiger partial charge on any atom is -0.356 e. The van der Waals surface area contributed by atoms with Crippen LogP contribution >= 0.6 is 0 Å². The lowest BCUT2D eigenvalue weighted by Gasteiger charge is -2.60. The Morgan fingerprint density at radius 3 is 2.86 bits per heavy atom. The van der Waals surface area contributed by atoms with Gasteiger partial charge in [-0.1, -0.05) is 18.2 Å². The highest BCUT2D eigenvalue weighted by Gasteiger charge is 2.55. The highest BCUT2D eigenvalue weighted by molar-refractivity contribution is 5.98. The van der Waals surface area contributed by atoms with Crippen molar-refractivity contribution in [1.82, 2.24) is 24.8 Å². The van der Waals surface area contributed by atoms with Crippen molar-refractivity contribution in [3.8, 4) is 0 Å². The maximum atomic E-state index is 12.8. The number of rotatable bonds is 3. The monoisotopic (exact) mass is 386 g/mol. The average molecular weight is 386 g/mol. The fourth-order valence-electron chi connectivity index (χ4n) is 5.05. The van der Waals surface area contributed by atoms with Gasteiger partial charge in [0.05, 0.1) is 5.39 Å². The number of nitrogens with one attached hydrogen (secondary N) is 2. The lowest BCUT2D eigenvalue weighted by Crippen LogP contribution is -2.67. The number of aromatic amines is 2. The molecular formula is C22H22N6O. The number of hydrogen-bond acceptors (Lipinski definition) is 4. The van der Waals surface area contributed by atoms with Crippen molar-refractivity contribution in [3.63, 3.8) is 0 Å². The van der Waals surface area contributed by atoms with E-state index in [1.54, 1.807) is 6.33 Å². The number of carbonyl (C=O) groups excluding carboxylic acids is 1. The van der Waals surface area contributed by atoms with Crippen LogP contribution in [0.1, 0.15) is 23.3 Å². The molecule has 6 rings (SSSR count). The van der Waals surface area contributed by atoms with Crippen LogP contribution in [0.3, 0.4) is 0 Å². The molecule has 1 saturated heterocycles. The van der Waals surface area contributed by atoms with Gasteiger partial charge in [-0.15, -0.1) is 0 Å². The number of carbonyl (C=O) groups is 1. The van der Waals surface area contributed by atoms with Crippen LogP contribution in [0.15, 0.2) is 48.9 Å². The van der Waals surface area contributed by atoms with Crippen LogP contribution in [0.5, 0.6) is 0 Å². The van der Waals surface area contributed by atoms with Gasteiger partial charge in [0.1, 0.15) is 23.5 Å². The zero-order chi connectivity index (χ0) is 19.6. The van der Waals surface area contributed by atoms with Crippen LogP contribution in [0.4, 0.5) is 5.82 Å². The van der Waals surface area contributed by atoms with Gasteiger partial charge in [-0.2, -0.15) is 0 Å². The van der Waals surface area contributed by atoms with Crippen LogP contribution in [0.25, 0.3) is 21.9 Å². The van der Waals surface area contributed by atoms with Crippen LogP contribution < -0.4 is 4.90 Å². The molecule has 7 heteroatoms. The van der Waals surface area contributed by atoms with E-state index < -0.39 is 0 Å². The van der Waals surface area contributed by atoms with Gasteiger partial charge in [-0.25, -0.2) is 9.97 Å². The van der Waals surface area contributed by atoms with Crippen molar-refractivity contribution in [2.45, 2.75) is 18.9 Å². The normalized spacial score (nSPS) is 18.2. The second-order valence-electron chi connectivity index (χ2n) is 8.54. The summed E-state index contributed by atoms with van der Waals surface area (Å²) < 4.78 is 0. The van der Waals surface area contributed by atoms with Gasteiger partial charge in [0.25, 0.3) is 5.91 Å². The highest BCUT2D eigenvalue weighted by Crippen LogP contribution is 2.51. The second-order valence-corrected chi connectivity index (χ2v) is 8.54. The van der Waals surface area contributed by atoms with Gasteiger partial charge in [-0.3, -0.25) is 4.79 Å². The number of para-hydroxylation sites is 1. The number of H-pyrrole nitrogens is 2. The largest absolute Gasteiger partial charge is 0.356 e. The Morgan fingerprint density at radius 1 is 1.21 bits per heavy atom. The van der Waals surface area contributed by atoms with E-state index in [4.69, 9.17) is 0 Å². The van der Waals surface area contributed by atoms with Gasteiger partial charge in [0.15, 0.2) is 0 Å². The van der Waals surface area contributed by atoms with E-state index >= 15 is 0 Å². The molecule has 0 radical (unpaired) electrons. The number of benzene rings is 1. The Morgan fingerprint density at radius 2 is 2.03 bits per heavy atom. The minimum absolute atomic E-state index is 0.105. The van der Waals surface area contributed by atoms with E-state index in [9.17, 15) is 4.79 Å². The third-order valence-electron chi connectivity index (χ3n) is 6.65. The number of nitrogens with zero attached hydrogens (tertiary/aromatic N) is 4. The first-order chi connectivity index (χ1) is 14.1. The summed E-state index contributed by atoms with van der Waals surface area (Å²) in [7, 11) is 2.11. The van der Waals surface area contributed by atoms with E-state index in [0.717, 1.165) is 53.7 Å².